The van der Waals surface area contributed by atoms with E-state index in [1.807, 2.05) is 18.3 Å². The fourth-order valence-electron chi connectivity index (χ4n) is 3.39. The summed E-state index contributed by atoms with van der Waals surface area (Å²) < 4.78 is 11.6. The van der Waals surface area contributed by atoms with E-state index >= 15 is 0 Å². The molecule has 1 aromatic rings. The van der Waals surface area contributed by atoms with Gasteiger partial charge >= 0.3 is 0 Å². The zero-order valence-electron chi connectivity index (χ0n) is 18.6. The van der Waals surface area contributed by atoms with Crippen LogP contribution in [0.4, 0.5) is 0 Å². The second kappa shape index (κ2) is 13.3. The number of guanidine groups is 1. The van der Waals surface area contributed by atoms with Gasteiger partial charge in [-0.05, 0) is 37.2 Å². The van der Waals surface area contributed by atoms with Crippen molar-refractivity contribution in [1.82, 2.24) is 20.5 Å². The third-order valence-electron chi connectivity index (χ3n) is 5.07. The van der Waals surface area contributed by atoms with E-state index in [1.54, 1.807) is 0 Å². The number of rotatable bonds is 10. The summed E-state index contributed by atoms with van der Waals surface area (Å²) in [6.07, 6.45) is 4.61. The summed E-state index contributed by atoms with van der Waals surface area (Å²) in [5.74, 6) is 2.93. The number of nitrogens with zero attached hydrogens (tertiary/aromatic N) is 3. The Morgan fingerprint density at radius 2 is 2.17 bits per heavy atom. The van der Waals surface area contributed by atoms with Gasteiger partial charge in [-0.3, -0.25) is 4.90 Å². The predicted molar refractivity (Wildman–Crippen MR) is 132 cm³/mol. The summed E-state index contributed by atoms with van der Waals surface area (Å²) in [6.45, 7) is 13.5. The maximum Gasteiger partial charge on any atom is 0.213 e. The van der Waals surface area contributed by atoms with Gasteiger partial charge in [0.25, 0.3) is 0 Å². The Hall–Kier alpha value is -1.13. The van der Waals surface area contributed by atoms with Gasteiger partial charge in [0.1, 0.15) is 0 Å². The van der Waals surface area contributed by atoms with Crippen molar-refractivity contribution < 1.29 is 9.47 Å². The molecule has 0 spiro atoms. The van der Waals surface area contributed by atoms with Crippen molar-refractivity contribution >= 4 is 29.9 Å². The van der Waals surface area contributed by atoms with E-state index < -0.39 is 0 Å². The van der Waals surface area contributed by atoms with Gasteiger partial charge < -0.3 is 20.1 Å². The summed E-state index contributed by atoms with van der Waals surface area (Å²) in [7, 11) is 0. The Balaban J connectivity index is 0.00000320. The van der Waals surface area contributed by atoms with Gasteiger partial charge in [0.2, 0.25) is 5.88 Å². The molecule has 2 heterocycles. The van der Waals surface area contributed by atoms with Crippen LogP contribution in [0.1, 0.15) is 39.2 Å². The van der Waals surface area contributed by atoms with Crippen LogP contribution in [0.15, 0.2) is 23.3 Å². The first-order valence-corrected chi connectivity index (χ1v) is 11.1. The maximum atomic E-state index is 5.93. The first-order chi connectivity index (χ1) is 14.1. The lowest BCUT2D eigenvalue weighted by atomic mass is 10.2. The van der Waals surface area contributed by atoms with Crippen molar-refractivity contribution in [2.24, 2.45) is 16.8 Å². The summed E-state index contributed by atoms with van der Waals surface area (Å²) in [4.78, 5) is 11.6. The molecular formula is C22H38IN5O2. The van der Waals surface area contributed by atoms with E-state index in [2.05, 4.69) is 41.3 Å². The fraction of sp³-hybridized carbons (Fsp3) is 0.727. The van der Waals surface area contributed by atoms with Crippen molar-refractivity contribution in [2.45, 2.75) is 46.3 Å². The first-order valence-electron chi connectivity index (χ1n) is 11.1. The smallest absolute Gasteiger partial charge is 0.213 e. The lowest BCUT2D eigenvalue weighted by molar-refractivity contribution is -0.0284. The molecule has 1 saturated carbocycles. The van der Waals surface area contributed by atoms with Crippen LogP contribution in [-0.2, 0) is 11.3 Å². The number of hydrogen-bond donors (Lipinski definition) is 2. The molecule has 170 valence electrons. The summed E-state index contributed by atoms with van der Waals surface area (Å²) in [5, 5.41) is 6.74. The third kappa shape index (κ3) is 9.34. The van der Waals surface area contributed by atoms with E-state index in [-0.39, 0.29) is 30.1 Å². The molecule has 2 aliphatic rings. The van der Waals surface area contributed by atoms with Crippen molar-refractivity contribution in [3.8, 4) is 5.88 Å². The Kier molecular flexibility index (Phi) is 11.2. The van der Waals surface area contributed by atoms with Gasteiger partial charge in [0.05, 0.1) is 25.9 Å². The highest BCUT2D eigenvalue weighted by Crippen LogP contribution is 2.29. The van der Waals surface area contributed by atoms with E-state index in [1.165, 1.54) is 12.8 Å². The van der Waals surface area contributed by atoms with Crippen LogP contribution in [0.3, 0.4) is 0 Å². The molecule has 1 unspecified atom stereocenters. The number of aromatic nitrogens is 1. The van der Waals surface area contributed by atoms with Crippen LogP contribution in [0, 0.1) is 11.8 Å². The Morgan fingerprint density at radius 3 is 2.83 bits per heavy atom. The Bertz CT molecular complexity index is 637. The van der Waals surface area contributed by atoms with E-state index in [0.29, 0.717) is 18.3 Å². The van der Waals surface area contributed by atoms with Crippen molar-refractivity contribution in [3.05, 3.63) is 23.9 Å². The van der Waals surface area contributed by atoms with Gasteiger partial charge in [-0.1, -0.05) is 19.9 Å². The third-order valence-corrected chi connectivity index (χ3v) is 5.07. The minimum atomic E-state index is 0. The van der Waals surface area contributed by atoms with Gasteiger partial charge in [0, 0.05) is 45.0 Å². The van der Waals surface area contributed by atoms with Gasteiger partial charge in [-0.15, -0.1) is 24.0 Å². The van der Waals surface area contributed by atoms with Gasteiger partial charge in [0.15, 0.2) is 5.96 Å². The van der Waals surface area contributed by atoms with E-state index in [0.717, 1.165) is 63.4 Å². The van der Waals surface area contributed by atoms with E-state index in [9.17, 15) is 0 Å². The molecule has 0 radical (unpaired) electrons. The average molecular weight is 531 g/mol. The normalized spacial score (nSPS) is 20.0. The number of aliphatic imine (C=N–C) groups is 1. The van der Waals surface area contributed by atoms with Crippen LogP contribution >= 0.6 is 24.0 Å². The van der Waals surface area contributed by atoms with Crippen molar-refractivity contribution in [1.29, 1.82) is 0 Å². The van der Waals surface area contributed by atoms with Crippen LogP contribution in [-0.4, -0.2) is 67.9 Å². The Morgan fingerprint density at radius 1 is 1.33 bits per heavy atom. The molecule has 1 aromatic heterocycles. The zero-order chi connectivity index (χ0) is 20.5. The monoisotopic (exact) mass is 531 g/mol. The molecule has 8 heteroatoms. The van der Waals surface area contributed by atoms with Crippen LogP contribution in [0.5, 0.6) is 5.88 Å². The number of halogens is 1. The number of nitrogens with one attached hydrogen (secondary N) is 2. The minimum Gasteiger partial charge on any atom is -0.477 e. The van der Waals surface area contributed by atoms with Crippen LogP contribution < -0.4 is 15.4 Å². The lowest BCUT2D eigenvalue weighted by Crippen LogP contribution is -2.50. The molecule has 0 bridgehead atoms. The summed E-state index contributed by atoms with van der Waals surface area (Å²) >= 11 is 0. The molecule has 0 aromatic carbocycles. The molecule has 2 N–H and O–H groups in total. The fourth-order valence-corrected chi connectivity index (χ4v) is 3.39. The average Bonchev–Trinajstić information content (AvgIpc) is 3.54. The highest BCUT2D eigenvalue weighted by molar-refractivity contribution is 14.0. The Labute approximate surface area is 198 Å². The molecule has 1 aliphatic heterocycles. The zero-order valence-corrected chi connectivity index (χ0v) is 20.9. The highest BCUT2D eigenvalue weighted by Gasteiger charge is 2.22. The molecule has 30 heavy (non-hydrogen) atoms. The maximum absolute atomic E-state index is 5.93. The topological polar surface area (TPSA) is 71.0 Å². The molecule has 7 nitrogen and oxygen atoms in total. The molecule has 2 fully saturated rings. The standard InChI is InChI=1S/C22H37N5O2.HI/c1-4-23-22(26-13-20-15-27(9-10-28-20)14-17(2)3)25-12-19-7-8-21(24-11-19)29-16-18-5-6-18;/h7-8,11,17-18,20H,4-6,9-10,12-16H2,1-3H3,(H2,23,25,26);1H. The summed E-state index contributed by atoms with van der Waals surface area (Å²) in [5.41, 5.74) is 1.07. The second-order valence-electron chi connectivity index (χ2n) is 8.48. The number of pyridine rings is 1. The van der Waals surface area contributed by atoms with E-state index in [4.69, 9.17) is 14.5 Å². The summed E-state index contributed by atoms with van der Waals surface area (Å²) in [6, 6.07) is 3.98. The molecule has 1 aliphatic carbocycles. The van der Waals surface area contributed by atoms with Crippen LogP contribution in [0.25, 0.3) is 0 Å². The predicted octanol–water partition coefficient (Wildman–Crippen LogP) is 2.90. The lowest BCUT2D eigenvalue weighted by Gasteiger charge is -2.34. The van der Waals surface area contributed by atoms with Crippen molar-refractivity contribution in [3.63, 3.8) is 0 Å². The number of ether oxygens (including phenoxy) is 2. The molecule has 1 saturated heterocycles. The minimum absolute atomic E-state index is 0. The van der Waals surface area contributed by atoms with Gasteiger partial charge in [-0.25, -0.2) is 9.98 Å². The largest absolute Gasteiger partial charge is 0.477 e. The SMILES string of the molecule is CCNC(=NCc1ccc(OCC2CC2)nc1)NCC1CN(CC(C)C)CCO1.I. The quantitative estimate of drug-likeness (QED) is 0.275. The molecule has 3 rings (SSSR count). The first kappa shape index (κ1) is 25.1. The highest BCUT2D eigenvalue weighted by atomic mass is 127. The molecule has 0 amide bonds. The number of morpholine rings is 1. The molecular weight excluding hydrogens is 493 g/mol. The number of hydrogen-bond acceptors (Lipinski definition) is 5. The second-order valence-corrected chi connectivity index (χ2v) is 8.48. The van der Waals surface area contributed by atoms with Crippen molar-refractivity contribution in [2.75, 3.05) is 45.9 Å². The van der Waals surface area contributed by atoms with Crippen LogP contribution in [0.2, 0.25) is 0 Å². The molecule has 1 atom stereocenters. The van der Waals surface area contributed by atoms with Gasteiger partial charge in [-0.2, -0.15) is 0 Å².